The maximum atomic E-state index is 13.1. The van der Waals surface area contributed by atoms with Crippen LogP contribution in [-0.4, -0.2) is 148 Å². The molecule has 1 saturated carbocycles. The van der Waals surface area contributed by atoms with Gasteiger partial charge in [0, 0.05) is 43.5 Å². The molecule has 9 atom stereocenters. The van der Waals surface area contributed by atoms with E-state index in [2.05, 4.69) is 25.4 Å². The number of esters is 2. The van der Waals surface area contributed by atoms with E-state index in [1.807, 2.05) is 61.5 Å². The van der Waals surface area contributed by atoms with Gasteiger partial charge in [-0.25, -0.2) is 13.9 Å². The molecule has 1 aliphatic carbocycles. The number of nitrogens with zero attached hydrogens (tertiary/aromatic N) is 3. The van der Waals surface area contributed by atoms with Crippen LogP contribution in [0.4, 0.5) is 4.79 Å². The highest BCUT2D eigenvalue weighted by molar-refractivity contribution is 7.47. The molecule has 0 radical (unpaired) electrons. The van der Waals surface area contributed by atoms with E-state index in [0.29, 0.717) is 41.2 Å². The van der Waals surface area contributed by atoms with Crippen molar-refractivity contribution in [3.63, 3.8) is 0 Å². The topological polar surface area (TPSA) is 391 Å². The minimum Gasteiger partial charge on any atom is -0.462 e. The number of ether oxygens (including phenoxy) is 2. The Kier molecular flexibility index (Phi) is 21.2. The molecule has 6 rings (SSSR count). The molecule has 76 heavy (non-hydrogen) atoms. The first-order valence-corrected chi connectivity index (χ1v) is 27.1. The maximum Gasteiger partial charge on any atom is 0.472 e. The first-order chi connectivity index (χ1) is 36.1. The van der Waals surface area contributed by atoms with E-state index < -0.39 is 120 Å². The van der Waals surface area contributed by atoms with Crippen molar-refractivity contribution >= 4 is 51.3 Å². The Morgan fingerprint density at radius 3 is 1.91 bits per heavy atom. The number of carbonyl (C=O) groups excluding carboxylic acids is 6. The fraction of sp³-hybridized carbons (Fsp3) is 0.458. The van der Waals surface area contributed by atoms with E-state index in [-0.39, 0.29) is 44.7 Å². The number of amides is 5. The van der Waals surface area contributed by atoms with Crippen LogP contribution in [0.3, 0.4) is 0 Å². The number of unbranched alkanes of at least 4 members (excludes halogenated alkanes) is 4. The minimum absolute atomic E-state index is 0.00937. The van der Waals surface area contributed by atoms with Gasteiger partial charge < -0.3 is 59.6 Å². The largest absolute Gasteiger partial charge is 0.472 e. The second-order valence-corrected chi connectivity index (χ2v) is 20.3. The van der Waals surface area contributed by atoms with Crippen molar-refractivity contribution in [1.29, 1.82) is 0 Å². The van der Waals surface area contributed by atoms with Crippen LogP contribution < -0.4 is 10.6 Å². The van der Waals surface area contributed by atoms with Crippen molar-refractivity contribution in [1.82, 2.24) is 25.7 Å². The average molecular weight is 1100 g/mol. The standard InChI is InChI=1S/C48H59N5O21P2/c1-2-3-6-14-37(56)71-33(27-70-76(67,68)74-43-40(59)38(57)39(58)42(41(43)60)73-75(64,65)66)26-69-36(55)13-9-5-10-23-49-48(63)53-35(54)24-34(47(53)62)44(61)50-25-28-15-17-31(18-16-28)45-51-52-46(72-45)32-21-19-30(20-22-32)29-11-7-4-8-12-29/h4,7-8,11-12,15-22,33-34,38-43,57-60H,2-3,5-6,9-10,13-14,23-27H2,1H3,(H,49,63)(H,50,61)(H,67,68)(H2,64,65,66). The summed E-state index contributed by atoms with van der Waals surface area (Å²) in [6.45, 7) is 0.225. The molecule has 412 valence electrons. The zero-order valence-corrected chi connectivity index (χ0v) is 42.7. The number of aliphatic hydroxyl groups is 4. The SMILES string of the molecule is CCCCCC(=O)OC(COC(=O)CCCCCNC(=O)N1C(=O)CC(C(=O)NCc2ccc(-c3nnc(-c4ccc(-c5ccccc5)cc4)o3)cc2)C1=O)COP(=O)(O)OC1C(O)C(O)C(O)C(OP(=O)(O)O)C1O. The lowest BCUT2D eigenvalue weighted by Crippen LogP contribution is -2.64. The number of aliphatic hydroxyl groups excluding tert-OH is 4. The summed E-state index contributed by atoms with van der Waals surface area (Å²) in [6.07, 6.45) is -13.5. The number of hydrogen-bond donors (Lipinski definition) is 9. The van der Waals surface area contributed by atoms with E-state index in [1.165, 1.54) is 0 Å². The van der Waals surface area contributed by atoms with Crippen LogP contribution in [0.15, 0.2) is 83.3 Å². The first-order valence-electron chi connectivity index (χ1n) is 24.1. The number of hydrogen-bond acceptors (Lipinski definition) is 20. The molecule has 0 bridgehead atoms. The Hall–Kier alpha value is -6.12. The quantitative estimate of drug-likeness (QED) is 0.0143. The van der Waals surface area contributed by atoms with Crippen LogP contribution in [0.25, 0.3) is 34.0 Å². The highest BCUT2D eigenvalue weighted by Gasteiger charge is 2.54. The van der Waals surface area contributed by atoms with Crippen LogP contribution >= 0.6 is 15.6 Å². The van der Waals surface area contributed by atoms with E-state index in [1.54, 1.807) is 24.3 Å². The van der Waals surface area contributed by atoms with Crippen molar-refractivity contribution in [3.05, 3.63) is 84.4 Å². The molecule has 3 aromatic carbocycles. The van der Waals surface area contributed by atoms with Crippen LogP contribution in [0.1, 0.15) is 70.3 Å². The summed E-state index contributed by atoms with van der Waals surface area (Å²) in [6, 6.07) is 23.5. The van der Waals surface area contributed by atoms with E-state index in [4.69, 9.17) is 32.7 Å². The van der Waals surface area contributed by atoms with Gasteiger partial charge in [0.05, 0.1) is 6.61 Å². The molecule has 28 heteroatoms. The Morgan fingerprint density at radius 2 is 1.28 bits per heavy atom. The monoisotopic (exact) mass is 1100 g/mol. The molecule has 2 aliphatic rings. The van der Waals surface area contributed by atoms with Crippen LogP contribution in [0.2, 0.25) is 0 Å². The van der Waals surface area contributed by atoms with Gasteiger partial charge in [-0.05, 0) is 60.2 Å². The van der Waals surface area contributed by atoms with E-state index in [9.17, 15) is 63.2 Å². The molecule has 1 aromatic heterocycles. The Morgan fingerprint density at radius 1 is 0.697 bits per heavy atom. The van der Waals surface area contributed by atoms with Gasteiger partial charge in [0.2, 0.25) is 23.6 Å². The zero-order chi connectivity index (χ0) is 55.2. The molecule has 9 unspecified atom stereocenters. The van der Waals surface area contributed by atoms with Crippen molar-refractivity contribution in [2.75, 3.05) is 19.8 Å². The number of benzene rings is 3. The predicted molar refractivity (Wildman–Crippen MR) is 261 cm³/mol. The highest BCUT2D eigenvalue weighted by atomic mass is 31.2. The van der Waals surface area contributed by atoms with E-state index >= 15 is 0 Å². The van der Waals surface area contributed by atoms with Crippen LogP contribution in [0.5, 0.6) is 0 Å². The smallest absolute Gasteiger partial charge is 0.462 e. The second kappa shape index (κ2) is 27.3. The lowest BCUT2D eigenvalue weighted by Gasteiger charge is -2.43. The summed E-state index contributed by atoms with van der Waals surface area (Å²) in [5, 5.41) is 54.5. The molecule has 5 amide bonds. The molecule has 1 aliphatic heterocycles. The van der Waals surface area contributed by atoms with Crippen molar-refractivity contribution in [2.45, 2.75) is 114 Å². The van der Waals surface area contributed by atoms with Gasteiger partial charge in [-0.1, -0.05) is 80.8 Å². The fourth-order valence-electron chi connectivity index (χ4n) is 7.96. The number of carbonyl (C=O) groups is 6. The number of urea groups is 1. The summed E-state index contributed by atoms with van der Waals surface area (Å²) < 4.78 is 54.6. The van der Waals surface area contributed by atoms with Gasteiger partial charge in [0.15, 0.2) is 6.10 Å². The van der Waals surface area contributed by atoms with Crippen molar-refractivity contribution in [2.24, 2.45) is 5.92 Å². The number of rotatable bonds is 26. The third kappa shape index (κ3) is 16.7. The Labute approximate surface area is 434 Å². The number of nitrogens with one attached hydrogen (secondary N) is 2. The molecule has 9 N–H and O–H groups in total. The highest BCUT2D eigenvalue weighted by Crippen LogP contribution is 2.49. The van der Waals surface area contributed by atoms with Gasteiger partial charge in [-0.15, -0.1) is 10.2 Å². The zero-order valence-electron chi connectivity index (χ0n) is 40.9. The number of phosphoric acid groups is 2. The number of phosphoric ester groups is 2. The number of aromatic nitrogens is 2. The molecule has 1 saturated heterocycles. The maximum absolute atomic E-state index is 13.1. The number of likely N-dealkylation sites (tertiary alicyclic amines) is 1. The first kappa shape index (κ1) is 59.1. The molecule has 0 spiro atoms. The third-order valence-corrected chi connectivity index (χ3v) is 13.5. The van der Waals surface area contributed by atoms with Gasteiger partial charge in [0.25, 0.3) is 5.91 Å². The molecule has 4 aromatic rings. The molecular formula is C48H59N5O21P2. The van der Waals surface area contributed by atoms with Crippen molar-refractivity contribution in [3.8, 4) is 34.0 Å². The fourth-order valence-corrected chi connectivity index (χ4v) is 9.49. The lowest BCUT2D eigenvalue weighted by molar-refractivity contribution is -0.216. The summed E-state index contributed by atoms with van der Waals surface area (Å²) >= 11 is 0. The van der Waals surface area contributed by atoms with Crippen LogP contribution in [0, 0.1) is 5.92 Å². The normalized spacial score (nSPS) is 21.9. The molecule has 26 nitrogen and oxygen atoms in total. The van der Waals surface area contributed by atoms with E-state index in [0.717, 1.165) is 23.1 Å². The minimum atomic E-state index is -5.42. The van der Waals surface area contributed by atoms with Crippen LogP contribution in [-0.2, 0) is 62.7 Å². The van der Waals surface area contributed by atoms with Gasteiger partial charge >= 0.3 is 33.6 Å². The molecule has 2 heterocycles. The average Bonchev–Trinajstić information content (AvgIpc) is 4.01. The lowest BCUT2D eigenvalue weighted by atomic mass is 9.85. The van der Waals surface area contributed by atoms with Gasteiger partial charge in [-0.2, -0.15) is 4.90 Å². The third-order valence-electron chi connectivity index (χ3n) is 12.0. The summed E-state index contributed by atoms with van der Waals surface area (Å²) in [4.78, 5) is 106. The Bertz CT molecular complexity index is 2720. The Balaban J connectivity index is 0.893. The molecular weight excluding hydrogens is 1040 g/mol. The summed E-state index contributed by atoms with van der Waals surface area (Å²) in [5.41, 5.74) is 4.14. The van der Waals surface area contributed by atoms with Gasteiger partial charge in [0.1, 0.15) is 49.1 Å². The molecule has 2 fully saturated rings. The summed E-state index contributed by atoms with van der Waals surface area (Å²) in [7, 11) is -10.8. The predicted octanol–water partition coefficient (Wildman–Crippen LogP) is 2.80. The second-order valence-electron chi connectivity index (χ2n) is 17.7. The van der Waals surface area contributed by atoms with Crippen molar-refractivity contribution < 1.29 is 100 Å². The number of imide groups is 3. The van der Waals surface area contributed by atoms with Gasteiger partial charge in [-0.3, -0.25) is 37.5 Å². The summed E-state index contributed by atoms with van der Waals surface area (Å²) in [5.74, 6) is -4.99.